The lowest BCUT2D eigenvalue weighted by Gasteiger charge is -2.13. The molecule has 0 bridgehead atoms. The Bertz CT molecular complexity index is 942. The minimum Gasteiger partial charge on any atom is -0.493 e. The van der Waals surface area contributed by atoms with Crippen LogP contribution in [-0.2, 0) is 16.1 Å². The van der Waals surface area contributed by atoms with Crippen LogP contribution in [-0.4, -0.2) is 36.6 Å². The van der Waals surface area contributed by atoms with Gasteiger partial charge in [0.2, 0.25) is 0 Å². The van der Waals surface area contributed by atoms with Crippen molar-refractivity contribution in [1.82, 2.24) is 5.06 Å². The molecule has 2 amide bonds. The fraction of sp³-hybridized carbons (Fsp3) is 0.250. The van der Waals surface area contributed by atoms with Crippen molar-refractivity contribution >= 4 is 17.8 Å². The Labute approximate surface area is 160 Å². The van der Waals surface area contributed by atoms with Crippen LogP contribution in [0.1, 0.15) is 39.6 Å². The van der Waals surface area contributed by atoms with Gasteiger partial charge in [-0.25, -0.2) is 9.18 Å². The number of aryl methyl sites for hydroxylation is 1. The highest BCUT2D eigenvalue weighted by Crippen LogP contribution is 2.29. The van der Waals surface area contributed by atoms with Gasteiger partial charge in [0.15, 0.2) is 11.5 Å². The first kappa shape index (κ1) is 19.3. The summed E-state index contributed by atoms with van der Waals surface area (Å²) < 4.78 is 24.5. The van der Waals surface area contributed by atoms with E-state index in [1.165, 1.54) is 19.2 Å². The van der Waals surface area contributed by atoms with E-state index >= 15 is 0 Å². The average Bonchev–Trinajstić information content (AvgIpc) is 2.92. The van der Waals surface area contributed by atoms with E-state index in [0.29, 0.717) is 29.6 Å². The van der Waals surface area contributed by atoms with Gasteiger partial charge in [-0.3, -0.25) is 9.59 Å². The van der Waals surface area contributed by atoms with Crippen molar-refractivity contribution in [2.75, 3.05) is 13.7 Å². The van der Waals surface area contributed by atoms with E-state index < -0.39 is 29.2 Å². The first-order chi connectivity index (χ1) is 13.5. The summed E-state index contributed by atoms with van der Waals surface area (Å²) in [5.41, 5.74) is 0.265. The third-order valence-electron chi connectivity index (χ3n) is 4.17. The predicted molar refractivity (Wildman–Crippen MR) is 95.5 cm³/mol. The number of hydrogen-bond acceptors (Lipinski definition) is 6. The molecule has 28 heavy (non-hydrogen) atoms. The van der Waals surface area contributed by atoms with E-state index in [2.05, 4.69) is 0 Å². The van der Waals surface area contributed by atoms with Crippen molar-refractivity contribution in [3.8, 4) is 11.5 Å². The molecular weight excluding hydrogens is 369 g/mol. The number of ether oxygens (including phenoxy) is 2. The highest BCUT2D eigenvalue weighted by molar-refractivity contribution is 6.21. The number of hydrogen-bond donors (Lipinski definition) is 0. The van der Waals surface area contributed by atoms with Crippen molar-refractivity contribution in [2.24, 2.45) is 0 Å². The number of carbonyl (C=O) groups is 3. The standard InChI is InChI=1S/C20H18FNO6/c1-3-27-16-11-12(7-9-15(16)26-2)8-10-17(23)28-22-19(24)13-5-4-6-14(21)18(13)20(22)25/h4-7,9,11H,3,8,10H2,1-2H3. The van der Waals surface area contributed by atoms with Crippen LogP contribution in [0.15, 0.2) is 36.4 Å². The lowest BCUT2D eigenvalue weighted by atomic mass is 10.1. The van der Waals surface area contributed by atoms with Crippen LogP contribution in [0.4, 0.5) is 4.39 Å². The number of methoxy groups -OCH3 is 1. The molecule has 3 rings (SSSR count). The van der Waals surface area contributed by atoms with Gasteiger partial charge in [0, 0.05) is 0 Å². The van der Waals surface area contributed by atoms with Crippen molar-refractivity contribution in [3.63, 3.8) is 0 Å². The highest BCUT2D eigenvalue weighted by Gasteiger charge is 2.40. The van der Waals surface area contributed by atoms with E-state index in [9.17, 15) is 18.8 Å². The molecule has 0 saturated carbocycles. The van der Waals surface area contributed by atoms with Crippen LogP contribution >= 0.6 is 0 Å². The summed E-state index contributed by atoms with van der Waals surface area (Å²) in [7, 11) is 1.53. The number of halogens is 1. The molecule has 2 aromatic carbocycles. The number of carbonyl (C=O) groups excluding carboxylic acids is 3. The van der Waals surface area contributed by atoms with Crippen molar-refractivity contribution < 1.29 is 33.1 Å². The SMILES string of the molecule is CCOc1cc(CCC(=O)ON2C(=O)c3cccc(F)c3C2=O)ccc1OC. The molecule has 1 heterocycles. The fourth-order valence-electron chi connectivity index (χ4n) is 2.84. The topological polar surface area (TPSA) is 82.1 Å². The molecule has 0 spiro atoms. The molecule has 146 valence electrons. The zero-order valence-electron chi connectivity index (χ0n) is 15.4. The summed E-state index contributed by atoms with van der Waals surface area (Å²) in [6.07, 6.45) is 0.203. The van der Waals surface area contributed by atoms with Gasteiger partial charge in [0.25, 0.3) is 11.8 Å². The van der Waals surface area contributed by atoms with Crippen LogP contribution in [0.3, 0.4) is 0 Å². The van der Waals surface area contributed by atoms with Crippen molar-refractivity contribution in [3.05, 3.63) is 58.9 Å². The Hall–Kier alpha value is -3.42. The highest BCUT2D eigenvalue weighted by atomic mass is 19.1. The molecule has 0 aromatic heterocycles. The summed E-state index contributed by atoms with van der Waals surface area (Å²) in [5.74, 6) is -2.36. The first-order valence-electron chi connectivity index (χ1n) is 8.64. The number of nitrogens with zero attached hydrogens (tertiary/aromatic N) is 1. The molecule has 0 unspecified atom stereocenters. The summed E-state index contributed by atoms with van der Waals surface area (Å²) >= 11 is 0. The lowest BCUT2D eigenvalue weighted by molar-refractivity contribution is -0.168. The quantitative estimate of drug-likeness (QED) is 0.680. The number of benzene rings is 2. The van der Waals surface area contributed by atoms with Crippen LogP contribution in [0.2, 0.25) is 0 Å². The second kappa shape index (κ2) is 8.08. The molecule has 7 nitrogen and oxygen atoms in total. The maximum atomic E-state index is 13.8. The smallest absolute Gasteiger partial charge is 0.333 e. The van der Waals surface area contributed by atoms with E-state index in [1.807, 2.05) is 6.92 Å². The van der Waals surface area contributed by atoms with Gasteiger partial charge >= 0.3 is 5.97 Å². The number of amides is 2. The van der Waals surface area contributed by atoms with Crippen molar-refractivity contribution in [2.45, 2.75) is 19.8 Å². The molecular formula is C20H18FNO6. The molecule has 0 saturated heterocycles. The molecule has 0 atom stereocenters. The van der Waals surface area contributed by atoms with Gasteiger partial charge < -0.3 is 14.3 Å². The van der Waals surface area contributed by atoms with E-state index in [-0.39, 0.29) is 12.0 Å². The number of imide groups is 1. The zero-order valence-corrected chi connectivity index (χ0v) is 15.4. The Balaban J connectivity index is 1.64. The zero-order chi connectivity index (χ0) is 20.3. The molecule has 8 heteroatoms. The molecule has 2 aromatic rings. The number of rotatable bonds is 7. The Morgan fingerprint density at radius 2 is 1.89 bits per heavy atom. The van der Waals surface area contributed by atoms with Crippen LogP contribution < -0.4 is 9.47 Å². The summed E-state index contributed by atoms with van der Waals surface area (Å²) in [6, 6.07) is 8.91. The average molecular weight is 387 g/mol. The summed E-state index contributed by atoms with van der Waals surface area (Å²) in [6.45, 7) is 2.30. The summed E-state index contributed by atoms with van der Waals surface area (Å²) in [5, 5.41) is 0.301. The van der Waals surface area contributed by atoms with Gasteiger partial charge in [-0.2, -0.15) is 0 Å². The van der Waals surface area contributed by atoms with Gasteiger partial charge in [0.1, 0.15) is 5.82 Å². The van der Waals surface area contributed by atoms with Gasteiger partial charge in [0.05, 0.1) is 31.3 Å². The Kier molecular flexibility index (Phi) is 5.58. The minimum absolute atomic E-state index is 0.0895. The van der Waals surface area contributed by atoms with Gasteiger partial charge in [-0.05, 0) is 43.2 Å². The molecule has 1 aliphatic rings. The lowest BCUT2D eigenvalue weighted by Crippen LogP contribution is -2.32. The monoisotopic (exact) mass is 387 g/mol. The second-order valence-electron chi connectivity index (χ2n) is 5.95. The van der Waals surface area contributed by atoms with E-state index in [0.717, 1.165) is 11.6 Å². The molecule has 0 aliphatic carbocycles. The maximum Gasteiger partial charge on any atom is 0.333 e. The van der Waals surface area contributed by atoms with Crippen molar-refractivity contribution in [1.29, 1.82) is 0 Å². The third-order valence-corrected chi connectivity index (χ3v) is 4.17. The van der Waals surface area contributed by atoms with E-state index in [1.54, 1.807) is 18.2 Å². The Morgan fingerprint density at radius 1 is 1.11 bits per heavy atom. The van der Waals surface area contributed by atoms with Gasteiger partial charge in [-0.1, -0.05) is 17.2 Å². The number of fused-ring (bicyclic) bond motifs is 1. The van der Waals surface area contributed by atoms with Crippen LogP contribution in [0.5, 0.6) is 11.5 Å². The number of hydroxylamine groups is 2. The second-order valence-corrected chi connectivity index (χ2v) is 5.95. The maximum absolute atomic E-state index is 13.8. The largest absolute Gasteiger partial charge is 0.493 e. The molecule has 1 aliphatic heterocycles. The molecule has 0 radical (unpaired) electrons. The molecule has 0 fully saturated rings. The fourth-order valence-corrected chi connectivity index (χ4v) is 2.84. The van der Waals surface area contributed by atoms with Crippen LogP contribution in [0.25, 0.3) is 0 Å². The molecule has 0 N–H and O–H groups in total. The minimum atomic E-state index is -0.991. The van der Waals surface area contributed by atoms with E-state index in [4.69, 9.17) is 14.3 Å². The van der Waals surface area contributed by atoms with Crippen LogP contribution in [0, 0.1) is 5.82 Å². The normalized spacial score (nSPS) is 12.8. The predicted octanol–water partition coefficient (Wildman–Crippen LogP) is 2.92. The third kappa shape index (κ3) is 3.66. The van der Waals surface area contributed by atoms with Gasteiger partial charge in [-0.15, -0.1) is 0 Å². The Morgan fingerprint density at radius 3 is 2.57 bits per heavy atom. The first-order valence-corrected chi connectivity index (χ1v) is 8.64. The summed E-state index contributed by atoms with van der Waals surface area (Å²) in [4.78, 5) is 41.4.